The van der Waals surface area contributed by atoms with E-state index in [4.69, 9.17) is 16.7 Å². The first-order valence-corrected chi connectivity index (χ1v) is 5.39. The summed E-state index contributed by atoms with van der Waals surface area (Å²) >= 11 is 5.67. The quantitative estimate of drug-likeness (QED) is 0.800. The highest BCUT2D eigenvalue weighted by atomic mass is 35.5. The highest BCUT2D eigenvalue weighted by Gasteiger charge is 2.05. The van der Waals surface area contributed by atoms with Gasteiger partial charge in [0.25, 0.3) is 0 Å². The summed E-state index contributed by atoms with van der Waals surface area (Å²) in [5.41, 5.74) is 0. The van der Waals surface area contributed by atoms with Crippen LogP contribution in [0.15, 0.2) is 12.4 Å². The molecule has 1 atom stereocenters. The van der Waals surface area contributed by atoms with Crippen LogP contribution in [0.3, 0.4) is 0 Å². The number of anilines is 1. The van der Waals surface area contributed by atoms with Crippen molar-refractivity contribution in [1.29, 1.82) is 0 Å². The third kappa shape index (κ3) is 4.93. The van der Waals surface area contributed by atoms with Crippen LogP contribution in [-0.4, -0.2) is 27.6 Å². The fraction of sp³-hybridized carbons (Fsp3) is 0.500. The molecule has 5 nitrogen and oxygen atoms in total. The van der Waals surface area contributed by atoms with Gasteiger partial charge in [0.05, 0.1) is 12.4 Å². The first-order chi connectivity index (χ1) is 7.58. The van der Waals surface area contributed by atoms with Crippen LogP contribution in [0.5, 0.6) is 0 Å². The topological polar surface area (TPSA) is 75.1 Å². The summed E-state index contributed by atoms with van der Waals surface area (Å²) in [6, 6.07) is 0. The smallest absolute Gasteiger partial charge is 0.303 e. The Morgan fingerprint density at radius 2 is 2.38 bits per heavy atom. The number of halogens is 1. The Balaban J connectivity index is 2.31. The van der Waals surface area contributed by atoms with Gasteiger partial charge in [-0.25, -0.2) is 4.98 Å². The van der Waals surface area contributed by atoms with E-state index in [1.807, 2.05) is 6.92 Å². The minimum absolute atomic E-state index is 0.185. The Morgan fingerprint density at radius 3 is 3.00 bits per heavy atom. The lowest BCUT2D eigenvalue weighted by molar-refractivity contribution is -0.137. The van der Waals surface area contributed by atoms with Crippen LogP contribution >= 0.6 is 11.6 Å². The van der Waals surface area contributed by atoms with E-state index < -0.39 is 5.97 Å². The van der Waals surface area contributed by atoms with E-state index >= 15 is 0 Å². The number of hydrogen-bond acceptors (Lipinski definition) is 4. The highest BCUT2D eigenvalue weighted by molar-refractivity contribution is 6.29. The number of aliphatic carboxylic acids is 1. The molecular formula is C10H14ClN3O2. The number of carbonyl (C=O) groups is 1. The maximum absolute atomic E-state index is 10.4. The molecule has 2 N–H and O–H groups in total. The molecule has 1 aromatic rings. The van der Waals surface area contributed by atoms with Gasteiger partial charge in [-0.2, -0.15) is 0 Å². The third-order valence-corrected chi connectivity index (χ3v) is 2.27. The van der Waals surface area contributed by atoms with Crippen molar-refractivity contribution in [2.75, 3.05) is 11.9 Å². The van der Waals surface area contributed by atoms with Crippen molar-refractivity contribution >= 4 is 23.4 Å². The molecule has 0 spiro atoms. The highest BCUT2D eigenvalue weighted by Crippen LogP contribution is 2.10. The van der Waals surface area contributed by atoms with Gasteiger partial charge in [-0.1, -0.05) is 18.5 Å². The summed E-state index contributed by atoms with van der Waals surface area (Å²) in [6.45, 7) is 2.64. The number of aromatic nitrogens is 2. The Morgan fingerprint density at radius 1 is 1.62 bits per heavy atom. The summed E-state index contributed by atoms with van der Waals surface area (Å²) < 4.78 is 0. The number of rotatable bonds is 6. The van der Waals surface area contributed by atoms with Crippen molar-refractivity contribution in [3.63, 3.8) is 0 Å². The lowest BCUT2D eigenvalue weighted by Gasteiger charge is -2.11. The molecule has 0 fully saturated rings. The van der Waals surface area contributed by atoms with E-state index in [0.717, 1.165) is 0 Å². The van der Waals surface area contributed by atoms with Gasteiger partial charge in [0.15, 0.2) is 0 Å². The number of nitrogens with zero attached hydrogens (tertiary/aromatic N) is 2. The SMILES string of the molecule is CC(CCC(=O)O)CNc1cncc(Cl)n1. The zero-order valence-electron chi connectivity index (χ0n) is 8.98. The van der Waals surface area contributed by atoms with Crippen LogP contribution in [0, 0.1) is 5.92 Å². The molecule has 0 saturated heterocycles. The molecule has 1 aromatic heterocycles. The first kappa shape index (κ1) is 12.7. The average Bonchev–Trinajstić information content (AvgIpc) is 2.23. The molecule has 1 rings (SSSR count). The summed E-state index contributed by atoms with van der Waals surface area (Å²) in [4.78, 5) is 18.3. The molecule has 0 aromatic carbocycles. The molecule has 1 heterocycles. The van der Waals surface area contributed by atoms with Crippen molar-refractivity contribution in [3.05, 3.63) is 17.5 Å². The fourth-order valence-corrected chi connectivity index (χ4v) is 1.33. The molecule has 0 amide bonds. The van der Waals surface area contributed by atoms with Gasteiger partial charge in [0.1, 0.15) is 11.0 Å². The van der Waals surface area contributed by atoms with E-state index in [2.05, 4.69) is 15.3 Å². The van der Waals surface area contributed by atoms with E-state index in [-0.39, 0.29) is 12.3 Å². The lowest BCUT2D eigenvalue weighted by Crippen LogP contribution is -2.13. The van der Waals surface area contributed by atoms with Crippen LogP contribution < -0.4 is 5.32 Å². The van der Waals surface area contributed by atoms with Crippen molar-refractivity contribution < 1.29 is 9.90 Å². The largest absolute Gasteiger partial charge is 0.481 e. The molecule has 0 saturated carbocycles. The zero-order valence-corrected chi connectivity index (χ0v) is 9.74. The Bertz CT molecular complexity index is 360. The van der Waals surface area contributed by atoms with Crippen LogP contribution in [0.4, 0.5) is 5.82 Å². The second kappa shape index (κ2) is 6.27. The molecule has 6 heteroatoms. The van der Waals surface area contributed by atoms with Crippen LogP contribution in [0.2, 0.25) is 5.15 Å². The van der Waals surface area contributed by atoms with E-state index in [1.165, 1.54) is 6.20 Å². The number of carboxylic acid groups (broad SMARTS) is 1. The third-order valence-electron chi connectivity index (χ3n) is 2.09. The van der Waals surface area contributed by atoms with E-state index in [0.29, 0.717) is 23.9 Å². The minimum atomic E-state index is -0.769. The normalized spacial score (nSPS) is 12.1. The van der Waals surface area contributed by atoms with Crippen molar-refractivity contribution in [1.82, 2.24) is 9.97 Å². The lowest BCUT2D eigenvalue weighted by atomic mass is 10.1. The maximum atomic E-state index is 10.4. The Kier molecular flexibility index (Phi) is 4.98. The van der Waals surface area contributed by atoms with E-state index in [9.17, 15) is 4.79 Å². The molecule has 0 aliphatic carbocycles. The van der Waals surface area contributed by atoms with Crippen LogP contribution in [0.1, 0.15) is 19.8 Å². The average molecular weight is 244 g/mol. The molecular weight excluding hydrogens is 230 g/mol. The molecule has 1 unspecified atom stereocenters. The monoisotopic (exact) mass is 243 g/mol. The standard InChI is InChI=1S/C10H14ClN3O2/c1-7(2-3-10(15)16)4-13-9-6-12-5-8(11)14-9/h5-7H,2-4H2,1H3,(H,13,14)(H,15,16). The van der Waals surface area contributed by atoms with Crippen molar-refractivity contribution in [2.45, 2.75) is 19.8 Å². The van der Waals surface area contributed by atoms with Gasteiger partial charge in [0, 0.05) is 13.0 Å². The van der Waals surface area contributed by atoms with Crippen LogP contribution in [-0.2, 0) is 4.79 Å². The number of nitrogens with one attached hydrogen (secondary N) is 1. The summed E-state index contributed by atoms with van der Waals surface area (Å²) in [5.74, 6) is 0.0981. The molecule has 88 valence electrons. The molecule has 16 heavy (non-hydrogen) atoms. The van der Waals surface area contributed by atoms with Gasteiger partial charge >= 0.3 is 5.97 Å². The summed E-state index contributed by atoms with van der Waals surface area (Å²) in [6.07, 6.45) is 3.86. The maximum Gasteiger partial charge on any atom is 0.303 e. The predicted octanol–water partition coefficient (Wildman–Crippen LogP) is 2.04. The van der Waals surface area contributed by atoms with Gasteiger partial charge < -0.3 is 10.4 Å². The molecule has 0 aliphatic rings. The van der Waals surface area contributed by atoms with Gasteiger partial charge in [-0.3, -0.25) is 9.78 Å². The fourth-order valence-electron chi connectivity index (χ4n) is 1.18. The Hall–Kier alpha value is -1.36. The van der Waals surface area contributed by atoms with Crippen LogP contribution in [0.25, 0.3) is 0 Å². The van der Waals surface area contributed by atoms with Crippen molar-refractivity contribution in [3.8, 4) is 0 Å². The van der Waals surface area contributed by atoms with Gasteiger partial charge in [-0.15, -0.1) is 0 Å². The number of carboxylic acids is 1. The van der Waals surface area contributed by atoms with E-state index in [1.54, 1.807) is 6.20 Å². The molecule has 0 bridgehead atoms. The second-order valence-electron chi connectivity index (χ2n) is 3.65. The predicted molar refractivity (Wildman–Crippen MR) is 61.6 cm³/mol. The minimum Gasteiger partial charge on any atom is -0.481 e. The van der Waals surface area contributed by atoms with Gasteiger partial charge in [0.2, 0.25) is 0 Å². The number of hydrogen-bond donors (Lipinski definition) is 2. The summed E-state index contributed by atoms with van der Waals surface area (Å²) in [7, 11) is 0. The summed E-state index contributed by atoms with van der Waals surface area (Å²) in [5, 5.41) is 11.9. The second-order valence-corrected chi connectivity index (χ2v) is 4.03. The Labute approximate surface area is 98.9 Å². The first-order valence-electron chi connectivity index (χ1n) is 5.01. The molecule has 0 radical (unpaired) electrons. The molecule has 0 aliphatic heterocycles. The van der Waals surface area contributed by atoms with Crippen molar-refractivity contribution in [2.24, 2.45) is 5.92 Å². The van der Waals surface area contributed by atoms with Gasteiger partial charge in [-0.05, 0) is 12.3 Å². The zero-order chi connectivity index (χ0) is 12.0.